The fraction of sp³-hybridized carbons (Fsp3) is 0.476. The summed E-state index contributed by atoms with van der Waals surface area (Å²) in [6, 6.07) is 5.65. The summed E-state index contributed by atoms with van der Waals surface area (Å²) in [5.41, 5.74) is 2.33. The highest BCUT2D eigenvalue weighted by atomic mass is 16.3. The van der Waals surface area contributed by atoms with Crippen molar-refractivity contribution in [2.24, 2.45) is 0 Å². The van der Waals surface area contributed by atoms with Gasteiger partial charge in [-0.2, -0.15) is 0 Å². The Balaban J connectivity index is 1.48. The van der Waals surface area contributed by atoms with Crippen molar-refractivity contribution < 1.29 is 14.0 Å². The molecule has 2 aromatic rings. The van der Waals surface area contributed by atoms with Gasteiger partial charge in [0.15, 0.2) is 12.1 Å². The first kappa shape index (κ1) is 17.8. The number of oxazole rings is 1. The molecule has 142 valence electrons. The van der Waals surface area contributed by atoms with Crippen molar-refractivity contribution in [1.29, 1.82) is 0 Å². The highest BCUT2D eigenvalue weighted by Gasteiger charge is 2.32. The van der Waals surface area contributed by atoms with Crippen LogP contribution in [0.25, 0.3) is 0 Å². The van der Waals surface area contributed by atoms with E-state index in [0.29, 0.717) is 28.6 Å². The molecule has 1 aromatic heterocycles. The van der Waals surface area contributed by atoms with Crippen molar-refractivity contribution in [3.8, 4) is 0 Å². The molecule has 6 nitrogen and oxygen atoms in total. The van der Waals surface area contributed by atoms with E-state index in [1.165, 1.54) is 25.7 Å². The van der Waals surface area contributed by atoms with E-state index in [4.69, 9.17) is 4.42 Å². The van der Waals surface area contributed by atoms with E-state index in [1.807, 2.05) is 13.0 Å². The van der Waals surface area contributed by atoms with Gasteiger partial charge in [0.25, 0.3) is 11.8 Å². The van der Waals surface area contributed by atoms with Crippen LogP contribution < -0.4 is 10.6 Å². The number of nitrogens with one attached hydrogen (secondary N) is 2. The number of rotatable bonds is 5. The zero-order valence-electron chi connectivity index (χ0n) is 15.6. The maximum absolute atomic E-state index is 12.7. The van der Waals surface area contributed by atoms with Gasteiger partial charge >= 0.3 is 0 Å². The molecule has 2 saturated carbocycles. The summed E-state index contributed by atoms with van der Waals surface area (Å²) in [5.74, 6) is 0.604. The Hall–Kier alpha value is -2.63. The minimum absolute atomic E-state index is 0.0735. The average Bonchev–Trinajstić information content (AvgIpc) is 3.40. The molecule has 0 unspecified atom stereocenters. The second kappa shape index (κ2) is 7.55. The summed E-state index contributed by atoms with van der Waals surface area (Å²) >= 11 is 0. The topological polar surface area (TPSA) is 84.2 Å². The monoisotopic (exact) mass is 367 g/mol. The smallest absolute Gasteiger partial charge is 0.277 e. The number of carbonyl (C=O) groups is 2. The lowest BCUT2D eigenvalue weighted by atomic mass is 9.95. The number of hydrogen-bond donors (Lipinski definition) is 2. The minimum Gasteiger partial charge on any atom is -0.447 e. The van der Waals surface area contributed by atoms with Crippen molar-refractivity contribution in [2.45, 2.75) is 63.8 Å². The van der Waals surface area contributed by atoms with E-state index >= 15 is 0 Å². The molecule has 2 amide bonds. The summed E-state index contributed by atoms with van der Waals surface area (Å²) in [7, 11) is 0. The van der Waals surface area contributed by atoms with E-state index in [0.717, 1.165) is 31.2 Å². The number of hydrogen-bond acceptors (Lipinski definition) is 4. The van der Waals surface area contributed by atoms with E-state index < -0.39 is 0 Å². The van der Waals surface area contributed by atoms with Crippen LogP contribution in [0.1, 0.15) is 83.0 Å². The van der Waals surface area contributed by atoms with E-state index in [-0.39, 0.29) is 17.9 Å². The van der Waals surface area contributed by atoms with Crippen LogP contribution in [0.2, 0.25) is 0 Å². The van der Waals surface area contributed by atoms with Crippen molar-refractivity contribution in [3.05, 3.63) is 47.2 Å². The van der Waals surface area contributed by atoms with Crippen LogP contribution in [0.3, 0.4) is 0 Å². The number of anilines is 1. The lowest BCUT2D eigenvalue weighted by Crippen LogP contribution is -2.36. The Morgan fingerprint density at radius 1 is 1.07 bits per heavy atom. The molecule has 0 saturated heterocycles. The van der Waals surface area contributed by atoms with Crippen LogP contribution in [-0.2, 0) is 0 Å². The van der Waals surface area contributed by atoms with Crippen molar-refractivity contribution in [1.82, 2.24) is 10.3 Å². The predicted octanol–water partition coefficient (Wildman–Crippen LogP) is 4.18. The summed E-state index contributed by atoms with van der Waals surface area (Å²) in [6.07, 6.45) is 9.05. The van der Waals surface area contributed by atoms with Gasteiger partial charge in [-0.25, -0.2) is 4.98 Å². The highest BCUT2D eigenvalue weighted by Crippen LogP contribution is 2.41. The molecule has 2 aliphatic rings. The largest absolute Gasteiger partial charge is 0.447 e. The molecule has 6 heteroatoms. The molecule has 1 heterocycles. The Morgan fingerprint density at radius 2 is 1.85 bits per heavy atom. The summed E-state index contributed by atoms with van der Waals surface area (Å²) in [5, 5.41) is 6.03. The van der Waals surface area contributed by atoms with Crippen molar-refractivity contribution in [2.75, 3.05) is 5.32 Å². The van der Waals surface area contributed by atoms with Crippen LogP contribution in [0, 0.1) is 6.92 Å². The van der Waals surface area contributed by atoms with Crippen LogP contribution in [-0.4, -0.2) is 22.8 Å². The Bertz CT molecular complexity index is 848. The number of aromatic nitrogens is 1. The zero-order chi connectivity index (χ0) is 18.8. The zero-order valence-corrected chi connectivity index (χ0v) is 15.6. The number of amides is 2. The fourth-order valence-electron chi connectivity index (χ4n) is 3.77. The van der Waals surface area contributed by atoms with Gasteiger partial charge in [0.05, 0.1) is 0 Å². The molecule has 2 aliphatic carbocycles. The molecule has 2 N–H and O–H groups in total. The first-order valence-corrected chi connectivity index (χ1v) is 9.78. The summed E-state index contributed by atoms with van der Waals surface area (Å²) in [4.78, 5) is 29.4. The van der Waals surface area contributed by atoms with Crippen LogP contribution in [0.5, 0.6) is 0 Å². The molecule has 0 spiro atoms. The van der Waals surface area contributed by atoms with E-state index in [9.17, 15) is 9.59 Å². The standard InChI is InChI=1S/C21H25N3O3/c1-13-16(20(25)23-15-6-3-2-4-7-15)8-5-9-17(13)24-21(26)18-19(14-10-11-14)27-12-22-18/h5,8-9,12,14-15H,2-4,6-7,10-11H2,1H3,(H,23,25)(H,24,26). The number of benzene rings is 1. The molecule has 2 fully saturated rings. The summed E-state index contributed by atoms with van der Waals surface area (Å²) in [6.45, 7) is 1.86. The third-order valence-corrected chi connectivity index (χ3v) is 5.53. The van der Waals surface area contributed by atoms with Crippen LogP contribution >= 0.6 is 0 Å². The van der Waals surface area contributed by atoms with Crippen molar-refractivity contribution in [3.63, 3.8) is 0 Å². The predicted molar refractivity (Wildman–Crippen MR) is 102 cm³/mol. The number of nitrogens with zero attached hydrogens (tertiary/aromatic N) is 1. The second-order valence-corrected chi connectivity index (χ2v) is 7.58. The third-order valence-electron chi connectivity index (χ3n) is 5.53. The molecule has 27 heavy (non-hydrogen) atoms. The van der Waals surface area contributed by atoms with Gasteiger partial charge in [-0.3, -0.25) is 9.59 Å². The highest BCUT2D eigenvalue weighted by molar-refractivity contribution is 6.05. The molecule has 0 atom stereocenters. The maximum Gasteiger partial charge on any atom is 0.277 e. The molecule has 0 bridgehead atoms. The quantitative estimate of drug-likeness (QED) is 0.830. The van der Waals surface area contributed by atoms with Gasteiger partial charge in [0.2, 0.25) is 0 Å². The van der Waals surface area contributed by atoms with Crippen LogP contribution in [0.4, 0.5) is 5.69 Å². The summed E-state index contributed by atoms with van der Waals surface area (Å²) < 4.78 is 5.39. The molecular weight excluding hydrogens is 342 g/mol. The minimum atomic E-state index is -0.293. The van der Waals surface area contributed by atoms with Gasteiger partial charge in [-0.1, -0.05) is 25.3 Å². The number of carbonyl (C=O) groups excluding carboxylic acids is 2. The van der Waals surface area contributed by atoms with Crippen LogP contribution in [0.15, 0.2) is 29.0 Å². The van der Waals surface area contributed by atoms with Gasteiger partial charge in [0.1, 0.15) is 5.76 Å². The SMILES string of the molecule is Cc1c(NC(=O)c2ncoc2C2CC2)cccc1C(=O)NC1CCCCC1. The molecule has 1 aromatic carbocycles. The van der Waals surface area contributed by atoms with E-state index in [1.54, 1.807) is 12.1 Å². The first-order valence-electron chi connectivity index (χ1n) is 9.78. The van der Waals surface area contributed by atoms with Crippen molar-refractivity contribution >= 4 is 17.5 Å². The van der Waals surface area contributed by atoms with E-state index in [2.05, 4.69) is 15.6 Å². The first-order chi connectivity index (χ1) is 13.1. The molecule has 0 aliphatic heterocycles. The van der Waals surface area contributed by atoms with Gasteiger partial charge in [-0.05, 0) is 50.3 Å². The second-order valence-electron chi connectivity index (χ2n) is 7.58. The third kappa shape index (κ3) is 3.89. The average molecular weight is 367 g/mol. The fourth-order valence-corrected chi connectivity index (χ4v) is 3.77. The van der Waals surface area contributed by atoms with Gasteiger partial charge < -0.3 is 15.1 Å². The van der Waals surface area contributed by atoms with Gasteiger partial charge in [0, 0.05) is 23.2 Å². The Kier molecular flexibility index (Phi) is 4.97. The Labute approximate surface area is 158 Å². The maximum atomic E-state index is 12.7. The molecule has 0 radical (unpaired) electrons. The Morgan fingerprint density at radius 3 is 2.59 bits per heavy atom. The normalized spacial score (nSPS) is 17.5. The van der Waals surface area contributed by atoms with Gasteiger partial charge in [-0.15, -0.1) is 0 Å². The molecule has 4 rings (SSSR count). The molecular formula is C21H25N3O3. The lowest BCUT2D eigenvalue weighted by molar-refractivity contribution is 0.0926. The lowest BCUT2D eigenvalue weighted by Gasteiger charge is -2.23.